The average molecular weight is 54.9 g/mol. The van der Waals surface area contributed by atoms with Gasteiger partial charge in [0.05, 0.1) is 0 Å². The molecule has 3 radical (unpaired) electrons. The molecule has 0 aliphatic carbocycles. The summed E-state index contributed by atoms with van der Waals surface area (Å²) in [6, 6.07) is 0. The maximum Gasteiger partial charge on any atom is 0.294 e. The molecule has 0 bridgehead atoms. The first-order chi connectivity index (χ1) is 1.91. The summed E-state index contributed by atoms with van der Waals surface area (Å²) in [5.41, 5.74) is 0. The smallest absolute Gasteiger partial charge is 0.294 e. The van der Waals surface area contributed by atoms with Crippen molar-refractivity contribution in [2.24, 2.45) is 0 Å². The monoisotopic (exact) mass is 55.0 g/mol. The van der Waals surface area contributed by atoms with Crippen LogP contribution in [0.15, 0.2) is 0 Å². The van der Waals surface area contributed by atoms with Crippen molar-refractivity contribution in [1.82, 2.24) is 0 Å². The SMILES string of the molecule is [CH][B]OC. The van der Waals surface area contributed by atoms with Crippen LogP contribution in [-0.4, -0.2) is 14.6 Å². The van der Waals surface area contributed by atoms with Crippen LogP contribution in [0.3, 0.4) is 0 Å². The van der Waals surface area contributed by atoms with E-state index < -0.39 is 0 Å². The van der Waals surface area contributed by atoms with Crippen LogP contribution in [0, 0.1) is 6.82 Å². The fourth-order valence-corrected chi connectivity index (χ4v) is 0. The summed E-state index contributed by atoms with van der Waals surface area (Å²) in [4.78, 5) is 0. The highest BCUT2D eigenvalue weighted by Gasteiger charge is 1.61. The second-order valence-electron chi connectivity index (χ2n) is 0.372. The average Bonchev–Trinajstić information content (AvgIpc) is 1.37. The summed E-state index contributed by atoms with van der Waals surface area (Å²) < 4.78 is 4.19. The minimum Gasteiger partial charge on any atom is -0.443 e. The zero-order valence-electron chi connectivity index (χ0n) is 2.56. The summed E-state index contributed by atoms with van der Waals surface area (Å²) in [6.45, 7) is 4.68. The summed E-state index contributed by atoms with van der Waals surface area (Å²) in [5.74, 6) is 0. The van der Waals surface area contributed by atoms with Gasteiger partial charge in [0.25, 0.3) is 7.48 Å². The van der Waals surface area contributed by atoms with Crippen molar-refractivity contribution in [3.63, 3.8) is 0 Å². The molecule has 1 nitrogen and oxygen atoms in total. The number of rotatable bonds is 1. The molecular weight excluding hydrogens is 50.8 g/mol. The van der Waals surface area contributed by atoms with Crippen LogP contribution < -0.4 is 0 Å². The van der Waals surface area contributed by atoms with Crippen LogP contribution in [0.1, 0.15) is 0 Å². The van der Waals surface area contributed by atoms with Gasteiger partial charge in [0.2, 0.25) is 0 Å². The topological polar surface area (TPSA) is 9.23 Å². The Kier molecular flexibility index (Phi) is 3.04. The van der Waals surface area contributed by atoms with E-state index in [1.54, 1.807) is 0 Å². The molecule has 0 heterocycles. The molecule has 0 aliphatic heterocycles. The molecule has 0 aliphatic rings. The lowest BCUT2D eigenvalue weighted by molar-refractivity contribution is 0.449. The largest absolute Gasteiger partial charge is 0.443 e. The van der Waals surface area contributed by atoms with Crippen LogP contribution >= 0.6 is 0 Å². The minimum atomic E-state index is 1.12. The minimum absolute atomic E-state index is 1.12. The fraction of sp³-hybridized carbons (Fsp3) is 0.500. The molecule has 4 heavy (non-hydrogen) atoms. The molecule has 0 fully saturated rings. The van der Waals surface area contributed by atoms with Crippen LogP contribution in [-0.2, 0) is 4.65 Å². The third-order valence-electron chi connectivity index (χ3n) is 0.136. The lowest BCUT2D eigenvalue weighted by Gasteiger charge is -1.72. The van der Waals surface area contributed by atoms with Crippen molar-refractivity contribution in [3.05, 3.63) is 6.82 Å². The highest BCUT2D eigenvalue weighted by atomic mass is 16.4. The number of hydrogen-bond donors (Lipinski definition) is 0. The van der Waals surface area contributed by atoms with Crippen molar-refractivity contribution in [2.45, 2.75) is 0 Å². The Balaban J connectivity index is 1.97. The van der Waals surface area contributed by atoms with Gasteiger partial charge in [-0.05, 0) is 6.82 Å². The van der Waals surface area contributed by atoms with Gasteiger partial charge in [-0.2, -0.15) is 0 Å². The van der Waals surface area contributed by atoms with Crippen molar-refractivity contribution in [3.8, 4) is 0 Å². The maximum absolute atomic E-state index is 4.68. The van der Waals surface area contributed by atoms with Crippen molar-refractivity contribution < 1.29 is 4.65 Å². The number of hydrogen-bond acceptors (Lipinski definition) is 1. The van der Waals surface area contributed by atoms with Crippen molar-refractivity contribution in [1.29, 1.82) is 0 Å². The molecule has 0 aromatic heterocycles. The summed E-state index contributed by atoms with van der Waals surface area (Å²) in [5, 5.41) is 0. The molecular formula is C2H4BO. The van der Waals surface area contributed by atoms with Crippen molar-refractivity contribution in [2.75, 3.05) is 7.11 Å². The third kappa shape index (κ3) is 2.02. The van der Waals surface area contributed by atoms with Crippen LogP contribution in [0.2, 0.25) is 0 Å². The molecule has 0 atom stereocenters. The Morgan fingerprint density at radius 1 is 2.00 bits per heavy atom. The molecule has 0 rings (SSSR count). The second-order valence-corrected chi connectivity index (χ2v) is 0.372. The van der Waals surface area contributed by atoms with Crippen molar-refractivity contribution >= 4 is 7.48 Å². The van der Waals surface area contributed by atoms with E-state index in [-0.39, 0.29) is 0 Å². The predicted octanol–water partition coefficient (Wildman–Crippen LogP) is -0.0794. The Morgan fingerprint density at radius 3 is 2.25 bits per heavy atom. The molecule has 0 saturated carbocycles. The first-order valence-corrected chi connectivity index (χ1v) is 0.977. The quantitative estimate of drug-likeness (QED) is 0.381. The molecule has 21 valence electrons. The lowest BCUT2D eigenvalue weighted by atomic mass is 10.1. The van der Waals surface area contributed by atoms with Gasteiger partial charge in [-0.25, -0.2) is 0 Å². The Morgan fingerprint density at radius 2 is 2.25 bits per heavy atom. The molecule has 0 unspecified atom stereocenters. The van der Waals surface area contributed by atoms with Gasteiger partial charge < -0.3 is 4.65 Å². The van der Waals surface area contributed by atoms with Crippen LogP contribution in [0.4, 0.5) is 0 Å². The van der Waals surface area contributed by atoms with Gasteiger partial charge in [0.1, 0.15) is 0 Å². The molecule has 0 N–H and O–H groups in total. The van der Waals surface area contributed by atoms with E-state index in [1.807, 2.05) is 0 Å². The summed E-state index contributed by atoms with van der Waals surface area (Å²) >= 11 is 0. The van der Waals surface area contributed by atoms with Crippen LogP contribution in [0.5, 0.6) is 0 Å². The molecule has 0 aromatic carbocycles. The molecule has 2 heteroatoms. The van der Waals surface area contributed by atoms with E-state index >= 15 is 0 Å². The van der Waals surface area contributed by atoms with Gasteiger partial charge in [0, 0.05) is 7.11 Å². The first-order valence-electron chi connectivity index (χ1n) is 0.977. The predicted molar refractivity (Wildman–Crippen MR) is 17.1 cm³/mol. The molecule has 0 aromatic rings. The highest BCUT2D eigenvalue weighted by Crippen LogP contribution is 1.45. The normalized spacial score (nSPS) is 6.50. The van der Waals surface area contributed by atoms with E-state index in [0.29, 0.717) is 0 Å². The maximum atomic E-state index is 4.68. The first kappa shape index (κ1) is 4.02. The van der Waals surface area contributed by atoms with Crippen LogP contribution in [0.25, 0.3) is 0 Å². The Bertz CT molecular complexity index is 8.00. The van der Waals surface area contributed by atoms with Gasteiger partial charge >= 0.3 is 0 Å². The summed E-state index contributed by atoms with van der Waals surface area (Å²) in [7, 11) is 2.62. The van der Waals surface area contributed by atoms with Gasteiger partial charge in [-0.3, -0.25) is 0 Å². The third-order valence-corrected chi connectivity index (χ3v) is 0.136. The van der Waals surface area contributed by atoms with Gasteiger partial charge in [0.15, 0.2) is 0 Å². The standard InChI is InChI=1S/C2H4BO/c1-3-4-2/h1H,2H3. The highest BCUT2D eigenvalue weighted by molar-refractivity contribution is 6.29. The van der Waals surface area contributed by atoms with E-state index in [1.165, 1.54) is 7.11 Å². The zero-order valence-corrected chi connectivity index (χ0v) is 2.56. The Hall–Kier alpha value is 0.0249. The Labute approximate surface area is 27.2 Å². The second kappa shape index (κ2) is 3.02. The molecule has 0 amide bonds. The zero-order chi connectivity index (χ0) is 3.41. The lowest BCUT2D eigenvalue weighted by Crippen LogP contribution is -1.81. The van der Waals surface area contributed by atoms with E-state index in [2.05, 4.69) is 11.5 Å². The fourth-order valence-electron chi connectivity index (χ4n) is 0. The van der Waals surface area contributed by atoms with E-state index in [4.69, 9.17) is 0 Å². The molecule has 0 spiro atoms. The van der Waals surface area contributed by atoms with Gasteiger partial charge in [-0.1, -0.05) is 0 Å². The molecule has 0 saturated heterocycles. The van der Waals surface area contributed by atoms with Gasteiger partial charge in [-0.15, -0.1) is 0 Å². The summed E-state index contributed by atoms with van der Waals surface area (Å²) in [6.07, 6.45) is 0. The van der Waals surface area contributed by atoms with E-state index in [9.17, 15) is 0 Å². The van der Waals surface area contributed by atoms with E-state index in [0.717, 1.165) is 7.48 Å².